The van der Waals surface area contributed by atoms with Crippen LogP contribution in [0.1, 0.15) is 26.3 Å². The molecule has 1 aromatic carbocycles. The van der Waals surface area contributed by atoms with Gasteiger partial charge in [0.1, 0.15) is 0 Å². The summed E-state index contributed by atoms with van der Waals surface area (Å²) in [5.74, 6) is 6.08. The lowest BCUT2D eigenvalue weighted by Crippen LogP contribution is -2.21. The van der Waals surface area contributed by atoms with Crippen LogP contribution in [0.3, 0.4) is 0 Å². The van der Waals surface area contributed by atoms with Crippen LogP contribution >= 0.6 is 0 Å². The summed E-state index contributed by atoms with van der Waals surface area (Å²) in [5.41, 5.74) is 2.61. The molecule has 0 amide bonds. The van der Waals surface area contributed by atoms with Crippen LogP contribution in [0.4, 0.5) is 0 Å². The smallest absolute Gasteiger partial charge is 0.0837 e. The number of aromatic nitrogens is 1. The normalized spacial score (nSPS) is 10.7. The molecule has 0 unspecified atom stereocenters. The van der Waals surface area contributed by atoms with E-state index in [4.69, 9.17) is 0 Å². The van der Waals surface area contributed by atoms with Gasteiger partial charge in [0.2, 0.25) is 0 Å². The lowest BCUT2D eigenvalue weighted by atomic mass is 10.2. The Kier molecular flexibility index (Phi) is 4.07. The van der Waals surface area contributed by atoms with E-state index in [0.717, 1.165) is 13.1 Å². The Hall–Kier alpha value is -1.72. The first kappa shape index (κ1) is 12.7. The first-order valence-electron chi connectivity index (χ1n) is 6.42. The molecule has 18 heavy (non-hydrogen) atoms. The van der Waals surface area contributed by atoms with E-state index < -0.39 is 0 Å². The third kappa shape index (κ3) is 2.75. The summed E-state index contributed by atoms with van der Waals surface area (Å²) in [4.78, 5) is 0. The van der Waals surface area contributed by atoms with Gasteiger partial charge < -0.3 is 9.88 Å². The molecule has 1 N–H and O–H groups in total. The highest BCUT2D eigenvalue weighted by Gasteiger charge is 2.07. The molecule has 0 aliphatic heterocycles. The number of nitrogens with one attached hydrogen (secondary N) is 1. The molecule has 94 valence electrons. The monoisotopic (exact) mass is 240 g/mol. The molecular formula is C16H20N2. The zero-order valence-electron chi connectivity index (χ0n) is 11.3. The number of fused-ring (bicyclic) bond motifs is 1. The highest BCUT2D eigenvalue weighted by Crippen LogP contribution is 2.21. The van der Waals surface area contributed by atoms with Gasteiger partial charge in [-0.25, -0.2) is 0 Å². The summed E-state index contributed by atoms with van der Waals surface area (Å²) in [5, 5.41) is 4.80. The number of para-hydroxylation sites is 1. The van der Waals surface area contributed by atoms with Crippen molar-refractivity contribution in [2.75, 3.05) is 0 Å². The van der Waals surface area contributed by atoms with E-state index in [1.54, 1.807) is 0 Å². The SMILES string of the molecule is CC#CCn1cc(CNC(C)C)c2ccccc21. The maximum absolute atomic E-state index is 3.47. The van der Waals surface area contributed by atoms with Crippen LogP contribution in [-0.4, -0.2) is 10.6 Å². The Bertz CT molecular complexity index is 582. The minimum atomic E-state index is 0.502. The van der Waals surface area contributed by atoms with Crippen LogP contribution in [0.5, 0.6) is 0 Å². The van der Waals surface area contributed by atoms with E-state index in [1.165, 1.54) is 16.5 Å². The van der Waals surface area contributed by atoms with Crippen molar-refractivity contribution in [2.45, 2.75) is 39.9 Å². The molecule has 2 aromatic rings. The first-order chi connectivity index (χ1) is 8.72. The zero-order chi connectivity index (χ0) is 13.0. The van der Waals surface area contributed by atoms with Crippen LogP contribution in [-0.2, 0) is 13.1 Å². The van der Waals surface area contributed by atoms with Crippen LogP contribution in [0.25, 0.3) is 10.9 Å². The van der Waals surface area contributed by atoms with Crippen molar-refractivity contribution in [1.82, 2.24) is 9.88 Å². The third-order valence-corrected chi connectivity index (χ3v) is 3.00. The van der Waals surface area contributed by atoms with Crippen LogP contribution in [0.2, 0.25) is 0 Å². The largest absolute Gasteiger partial charge is 0.335 e. The Balaban J connectivity index is 2.36. The van der Waals surface area contributed by atoms with Gasteiger partial charge in [-0.3, -0.25) is 0 Å². The lowest BCUT2D eigenvalue weighted by Gasteiger charge is -2.06. The molecule has 1 aromatic heterocycles. The van der Waals surface area contributed by atoms with E-state index in [1.807, 2.05) is 6.92 Å². The predicted octanol–water partition coefficient (Wildman–Crippen LogP) is 3.16. The molecule has 0 atom stereocenters. The quantitative estimate of drug-likeness (QED) is 0.812. The average Bonchev–Trinajstić information content (AvgIpc) is 2.72. The second-order valence-electron chi connectivity index (χ2n) is 4.76. The molecule has 2 heteroatoms. The fourth-order valence-corrected chi connectivity index (χ4v) is 2.07. The maximum Gasteiger partial charge on any atom is 0.0837 e. The fourth-order valence-electron chi connectivity index (χ4n) is 2.07. The summed E-state index contributed by atoms with van der Waals surface area (Å²) in [6.45, 7) is 7.89. The third-order valence-electron chi connectivity index (χ3n) is 3.00. The van der Waals surface area contributed by atoms with Gasteiger partial charge in [0.15, 0.2) is 0 Å². The van der Waals surface area contributed by atoms with Gasteiger partial charge in [-0.15, -0.1) is 5.92 Å². The van der Waals surface area contributed by atoms with E-state index >= 15 is 0 Å². The number of nitrogens with zero attached hydrogens (tertiary/aromatic N) is 1. The van der Waals surface area contributed by atoms with E-state index in [2.05, 4.69) is 66.0 Å². The molecule has 0 aliphatic carbocycles. The Labute approximate surface area is 109 Å². The van der Waals surface area contributed by atoms with Crippen LogP contribution in [0, 0.1) is 11.8 Å². The molecule has 0 saturated heterocycles. The number of hydrogen-bond acceptors (Lipinski definition) is 1. The number of rotatable bonds is 4. The van der Waals surface area contributed by atoms with Crippen molar-refractivity contribution in [3.8, 4) is 11.8 Å². The zero-order valence-corrected chi connectivity index (χ0v) is 11.3. The number of benzene rings is 1. The van der Waals surface area contributed by atoms with Crippen molar-refractivity contribution in [3.63, 3.8) is 0 Å². The predicted molar refractivity (Wildman–Crippen MR) is 77.4 cm³/mol. The van der Waals surface area contributed by atoms with Crippen molar-refractivity contribution in [1.29, 1.82) is 0 Å². The van der Waals surface area contributed by atoms with Gasteiger partial charge in [0, 0.05) is 29.7 Å². The standard InChI is InChI=1S/C16H20N2/c1-4-5-10-18-12-14(11-17-13(2)3)15-8-6-7-9-16(15)18/h6-9,12-13,17H,10-11H2,1-3H3. The minimum Gasteiger partial charge on any atom is -0.335 e. The Morgan fingerprint density at radius 3 is 2.78 bits per heavy atom. The summed E-state index contributed by atoms with van der Waals surface area (Å²) < 4.78 is 2.23. The van der Waals surface area contributed by atoms with Crippen molar-refractivity contribution < 1.29 is 0 Å². The molecule has 2 nitrogen and oxygen atoms in total. The molecule has 0 saturated carbocycles. The highest BCUT2D eigenvalue weighted by atomic mass is 15.0. The molecule has 0 bridgehead atoms. The minimum absolute atomic E-state index is 0.502. The Morgan fingerprint density at radius 2 is 2.06 bits per heavy atom. The van der Waals surface area contributed by atoms with E-state index in [9.17, 15) is 0 Å². The maximum atomic E-state index is 3.47. The first-order valence-corrected chi connectivity index (χ1v) is 6.42. The van der Waals surface area contributed by atoms with Gasteiger partial charge >= 0.3 is 0 Å². The molecule has 0 spiro atoms. The van der Waals surface area contributed by atoms with Crippen LogP contribution in [0.15, 0.2) is 30.5 Å². The molecular weight excluding hydrogens is 220 g/mol. The van der Waals surface area contributed by atoms with Gasteiger partial charge in [-0.2, -0.15) is 0 Å². The molecule has 1 heterocycles. The lowest BCUT2D eigenvalue weighted by molar-refractivity contribution is 0.589. The summed E-state index contributed by atoms with van der Waals surface area (Å²) in [7, 11) is 0. The van der Waals surface area contributed by atoms with Crippen molar-refractivity contribution in [3.05, 3.63) is 36.0 Å². The van der Waals surface area contributed by atoms with Crippen LogP contribution < -0.4 is 5.32 Å². The second-order valence-corrected chi connectivity index (χ2v) is 4.76. The fraction of sp³-hybridized carbons (Fsp3) is 0.375. The van der Waals surface area contributed by atoms with Gasteiger partial charge in [-0.1, -0.05) is 38.0 Å². The van der Waals surface area contributed by atoms with Gasteiger partial charge in [0.25, 0.3) is 0 Å². The second kappa shape index (κ2) is 5.75. The van der Waals surface area contributed by atoms with Gasteiger partial charge in [0.05, 0.1) is 6.54 Å². The van der Waals surface area contributed by atoms with Crippen molar-refractivity contribution in [2.24, 2.45) is 0 Å². The van der Waals surface area contributed by atoms with E-state index in [-0.39, 0.29) is 0 Å². The molecule has 0 radical (unpaired) electrons. The van der Waals surface area contributed by atoms with Gasteiger partial charge in [-0.05, 0) is 18.6 Å². The average molecular weight is 240 g/mol. The molecule has 0 fully saturated rings. The number of hydrogen-bond donors (Lipinski definition) is 1. The molecule has 0 aliphatic rings. The summed E-state index contributed by atoms with van der Waals surface area (Å²) in [6, 6.07) is 9.02. The van der Waals surface area contributed by atoms with E-state index in [0.29, 0.717) is 6.04 Å². The topological polar surface area (TPSA) is 17.0 Å². The summed E-state index contributed by atoms with van der Waals surface area (Å²) >= 11 is 0. The highest BCUT2D eigenvalue weighted by molar-refractivity contribution is 5.84. The summed E-state index contributed by atoms with van der Waals surface area (Å²) in [6.07, 6.45) is 2.21. The molecule has 2 rings (SSSR count). The Morgan fingerprint density at radius 1 is 1.28 bits per heavy atom. The van der Waals surface area contributed by atoms with Crippen molar-refractivity contribution >= 4 is 10.9 Å².